The molecule has 0 aliphatic rings. The molecule has 0 bridgehead atoms. The Balaban J connectivity index is 2.36. The van der Waals surface area contributed by atoms with Crippen LogP contribution < -0.4 is 5.32 Å². The number of nitrogens with zero attached hydrogens (tertiary/aromatic N) is 2. The smallest absolute Gasteiger partial charge is 0.319 e. The van der Waals surface area contributed by atoms with E-state index in [0.717, 1.165) is 4.68 Å². The van der Waals surface area contributed by atoms with Crippen LogP contribution in [0.25, 0.3) is 0 Å². The van der Waals surface area contributed by atoms with Gasteiger partial charge in [-0.3, -0.25) is 9.48 Å². The molecule has 0 radical (unpaired) electrons. The number of alkyl halides is 3. The maximum Gasteiger partial charge on any atom is 0.422 e. The van der Waals surface area contributed by atoms with Gasteiger partial charge >= 0.3 is 6.18 Å². The molecular weight excluding hydrogens is 347 g/mol. The van der Waals surface area contributed by atoms with Gasteiger partial charge in [-0.2, -0.15) is 18.3 Å². The first-order valence-electron chi connectivity index (χ1n) is 6.24. The molecule has 11 heteroatoms. The van der Waals surface area contributed by atoms with Crippen LogP contribution in [-0.4, -0.2) is 15.7 Å². The number of amides is 1. The number of anilines is 1. The highest BCUT2D eigenvalue weighted by molar-refractivity contribution is 5.90. The number of hydrogen-bond donors (Lipinski definition) is 1. The Morgan fingerprint density at radius 1 is 1.12 bits per heavy atom. The molecule has 0 spiro atoms. The van der Waals surface area contributed by atoms with Gasteiger partial charge in [0.1, 0.15) is 17.8 Å². The highest BCUT2D eigenvalue weighted by atomic mass is 19.4. The van der Waals surface area contributed by atoms with Crippen molar-refractivity contribution in [2.45, 2.75) is 19.6 Å². The van der Waals surface area contributed by atoms with Crippen LogP contribution in [0, 0.1) is 30.2 Å². The Kier molecular flexibility index (Phi) is 4.54. The van der Waals surface area contributed by atoms with E-state index in [0.29, 0.717) is 5.56 Å². The number of carbonyl (C=O) groups is 1. The fraction of sp³-hybridized carbons (Fsp3) is 0.231. The van der Waals surface area contributed by atoms with Crippen LogP contribution in [0.3, 0.4) is 0 Å². The van der Waals surface area contributed by atoms with E-state index in [-0.39, 0.29) is 0 Å². The first-order valence-corrected chi connectivity index (χ1v) is 6.24. The minimum absolute atomic E-state index is 0.572. The first kappa shape index (κ1) is 17.8. The van der Waals surface area contributed by atoms with Gasteiger partial charge in [0.05, 0.1) is 6.20 Å². The van der Waals surface area contributed by atoms with Crippen molar-refractivity contribution in [3.05, 3.63) is 46.8 Å². The summed E-state index contributed by atoms with van der Waals surface area (Å²) in [5.41, 5.74) is -3.70. The molecule has 0 atom stereocenters. The predicted molar refractivity (Wildman–Crippen MR) is 66.9 cm³/mol. The molecule has 0 unspecified atom stereocenters. The maximum absolute atomic E-state index is 13.6. The minimum Gasteiger partial charge on any atom is -0.319 e. The normalized spacial score (nSPS) is 11.7. The highest BCUT2D eigenvalue weighted by Crippen LogP contribution is 2.38. The lowest BCUT2D eigenvalue weighted by Crippen LogP contribution is -2.23. The molecule has 1 amide bonds. The van der Waals surface area contributed by atoms with Gasteiger partial charge in [-0.05, 0) is 12.5 Å². The Morgan fingerprint density at radius 3 is 2.08 bits per heavy atom. The Labute approximate surface area is 129 Å². The molecule has 1 heterocycles. The van der Waals surface area contributed by atoms with Gasteiger partial charge in [-0.15, -0.1) is 0 Å². The summed E-state index contributed by atoms with van der Waals surface area (Å²) >= 11 is 0. The number of rotatable bonds is 3. The Hall–Kier alpha value is -2.59. The molecule has 1 aromatic carbocycles. The average molecular weight is 355 g/mol. The molecule has 1 aromatic heterocycles. The standard InChI is InChI=1S/C13H8F7N3O/c1-5-2-21-23(3-5)4-6(24)22-12-10(16)8(14)7(13(18,19)20)9(15)11(12)17/h2-3H,4H2,1H3,(H,22,24). The summed E-state index contributed by atoms with van der Waals surface area (Å²) in [5.74, 6) is -11.1. The first-order chi connectivity index (χ1) is 11.0. The third kappa shape index (κ3) is 3.34. The van der Waals surface area contributed by atoms with Gasteiger partial charge in [-0.1, -0.05) is 0 Å². The summed E-state index contributed by atoms with van der Waals surface area (Å²) in [6.07, 6.45) is -2.89. The van der Waals surface area contributed by atoms with E-state index in [4.69, 9.17) is 0 Å². The number of carbonyl (C=O) groups excluding carboxylic acids is 1. The van der Waals surface area contributed by atoms with Crippen LogP contribution in [0.15, 0.2) is 12.4 Å². The molecule has 1 N–H and O–H groups in total. The lowest BCUT2D eigenvalue weighted by Gasteiger charge is -2.14. The zero-order valence-corrected chi connectivity index (χ0v) is 11.8. The SMILES string of the molecule is Cc1cnn(CC(=O)Nc2c(F)c(F)c(C(F)(F)F)c(F)c2F)c1. The van der Waals surface area contributed by atoms with Crippen molar-refractivity contribution in [2.75, 3.05) is 5.32 Å². The number of aryl methyl sites for hydroxylation is 1. The van der Waals surface area contributed by atoms with E-state index >= 15 is 0 Å². The summed E-state index contributed by atoms with van der Waals surface area (Å²) < 4.78 is 92.4. The summed E-state index contributed by atoms with van der Waals surface area (Å²) in [6, 6.07) is 0. The molecule has 0 saturated heterocycles. The quantitative estimate of drug-likeness (QED) is 0.678. The Morgan fingerprint density at radius 2 is 1.67 bits per heavy atom. The summed E-state index contributed by atoms with van der Waals surface area (Å²) in [4.78, 5) is 11.6. The number of hydrogen-bond acceptors (Lipinski definition) is 2. The molecule has 24 heavy (non-hydrogen) atoms. The summed E-state index contributed by atoms with van der Waals surface area (Å²) in [7, 11) is 0. The topological polar surface area (TPSA) is 46.9 Å². The van der Waals surface area contributed by atoms with Crippen molar-refractivity contribution in [3.8, 4) is 0 Å². The van der Waals surface area contributed by atoms with Crippen molar-refractivity contribution >= 4 is 11.6 Å². The van der Waals surface area contributed by atoms with Crippen molar-refractivity contribution in [2.24, 2.45) is 0 Å². The Bertz CT molecular complexity index is 769. The summed E-state index contributed by atoms with van der Waals surface area (Å²) in [6.45, 7) is 1.07. The van der Waals surface area contributed by atoms with Gasteiger partial charge < -0.3 is 5.32 Å². The number of nitrogens with one attached hydrogen (secondary N) is 1. The van der Waals surface area contributed by atoms with Crippen LogP contribution in [0.1, 0.15) is 11.1 Å². The largest absolute Gasteiger partial charge is 0.422 e. The van der Waals surface area contributed by atoms with E-state index in [1.165, 1.54) is 17.7 Å². The molecule has 0 aliphatic heterocycles. The zero-order chi connectivity index (χ0) is 18.2. The van der Waals surface area contributed by atoms with Crippen LogP contribution in [0.4, 0.5) is 36.4 Å². The van der Waals surface area contributed by atoms with E-state index in [1.807, 2.05) is 0 Å². The molecule has 2 rings (SSSR count). The van der Waals surface area contributed by atoms with Gasteiger partial charge in [0.2, 0.25) is 5.91 Å². The van der Waals surface area contributed by atoms with Gasteiger partial charge in [0.25, 0.3) is 0 Å². The second-order valence-electron chi connectivity index (χ2n) is 4.77. The van der Waals surface area contributed by atoms with E-state index in [9.17, 15) is 35.5 Å². The molecule has 0 fully saturated rings. The molecule has 0 aliphatic carbocycles. The number of benzene rings is 1. The fourth-order valence-corrected chi connectivity index (χ4v) is 1.87. The van der Waals surface area contributed by atoms with Gasteiger partial charge in [0.15, 0.2) is 23.3 Å². The molecule has 2 aromatic rings. The van der Waals surface area contributed by atoms with Crippen LogP contribution in [0.2, 0.25) is 0 Å². The fourth-order valence-electron chi connectivity index (χ4n) is 1.87. The van der Waals surface area contributed by atoms with Crippen LogP contribution in [0.5, 0.6) is 0 Å². The van der Waals surface area contributed by atoms with Crippen LogP contribution >= 0.6 is 0 Å². The summed E-state index contributed by atoms with van der Waals surface area (Å²) in [5, 5.41) is 5.19. The van der Waals surface area contributed by atoms with E-state index < -0.39 is 53.1 Å². The molecular formula is C13H8F7N3O. The zero-order valence-electron chi connectivity index (χ0n) is 11.8. The monoisotopic (exact) mass is 355 g/mol. The van der Waals surface area contributed by atoms with Crippen LogP contribution in [-0.2, 0) is 17.5 Å². The lowest BCUT2D eigenvalue weighted by atomic mass is 10.1. The van der Waals surface area contributed by atoms with Crippen molar-refractivity contribution in [3.63, 3.8) is 0 Å². The third-order valence-corrected chi connectivity index (χ3v) is 2.88. The van der Waals surface area contributed by atoms with Crippen molar-refractivity contribution in [1.82, 2.24) is 9.78 Å². The lowest BCUT2D eigenvalue weighted by molar-refractivity contribution is -0.143. The third-order valence-electron chi connectivity index (χ3n) is 2.88. The number of halogens is 7. The number of aromatic nitrogens is 2. The van der Waals surface area contributed by atoms with Gasteiger partial charge in [0, 0.05) is 6.20 Å². The van der Waals surface area contributed by atoms with Gasteiger partial charge in [-0.25, -0.2) is 17.6 Å². The average Bonchev–Trinajstić information content (AvgIpc) is 2.85. The second-order valence-corrected chi connectivity index (χ2v) is 4.77. The highest BCUT2D eigenvalue weighted by Gasteiger charge is 2.42. The van der Waals surface area contributed by atoms with Crippen molar-refractivity contribution < 1.29 is 35.5 Å². The van der Waals surface area contributed by atoms with E-state index in [1.54, 1.807) is 6.92 Å². The molecule has 4 nitrogen and oxygen atoms in total. The second kappa shape index (κ2) is 6.13. The minimum atomic E-state index is -5.65. The predicted octanol–water partition coefficient (Wildman–Crippen LogP) is 3.41. The maximum atomic E-state index is 13.6. The van der Waals surface area contributed by atoms with E-state index in [2.05, 4.69) is 5.10 Å². The van der Waals surface area contributed by atoms with Crippen molar-refractivity contribution in [1.29, 1.82) is 0 Å². The molecule has 130 valence electrons. The molecule has 0 saturated carbocycles.